The third-order valence-electron chi connectivity index (χ3n) is 6.67. The fraction of sp³-hybridized carbons (Fsp3) is 0.636. The Bertz CT molecular complexity index is 649. The SMILES string of the molecule is O=C(CC1CCCC1)N1CCCC2(CCCN(c3ccccc3)C2=O)C1. The Morgan fingerprint density at radius 3 is 2.42 bits per heavy atom. The van der Waals surface area contributed by atoms with Crippen molar-refractivity contribution in [3.8, 4) is 0 Å². The molecule has 0 radical (unpaired) electrons. The molecule has 3 aliphatic rings. The standard InChI is InChI=1S/C22H30N2O2/c25-20(16-18-8-4-5-9-18)23-14-6-12-22(17-23)13-7-15-24(21(22)26)19-10-2-1-3-11-19/h1-3,10-11,18H,4-9,12-17H2. The highest BCUT2D eigenvalue weighted by atomic mass is 16.2. The molecule has 0 N–H and O–H groups in total. The van der Waals surface area contributed by atoms with Crippen molar-refractivity contribution in [2.24, 2.45) is 11.3 Å². The second-order valence-electron chi connectivity index (χ2n) is 8.45. The number of likely N-dealkylation sites (tertiary alicyclic amines) is 1. The van der Waals surface area contributed by atoms with E-state index in [1.807, 2.05) is 40.1 Å². The lowest BCUT2D eigenvalue weighted by Crippen LogP contribution is -2.57. The number of piperidine rings is 2. The van der Waals surface area contributed by atoms with E-state index in [9.17, 15) is 9.59 Å². The highest BCUT2D eigenvalue weighted by Crippen LogP contribution is 2.41. The second kappa shape index (κ2) is 7.42. The van der Waals surface area contributed by atoms with Gasteiger partial charge in [0.15, 0.2) is 0 Å². The smallest absolute Gasteiger partial charge is 0.234 e. The van der Waals surface area contributed by atoms with Crippen LogP contribution in [0.15, 0.2) is 30.3 Å². The number of hydrogen-bond acceptors (Lipinski definition) is 2. The molecule has 3 fully saturated rings. The van der Waals surface area contributed by atoms with E-state index in [0.29, 0.717) is 18.9 Å². The van der Waals surface area contributed by atoms with Gasteiger partial charge in [0.05, 0.1) is 5.41 Å². The molecule has 2 amide bonds. The summed E-state index contributed by atoms with van der Waals surface area (Å²) in [6, 6.07) is 9.99. The summed E-state index contributed by atoms with van der Waals surface area (Å²) in [6.07, 6.45) is 9.43. The van der Waals surface area contributed by atoms with Crippen LogP contribution in [0.3, 0.4) is 0 Å². The molecule has 1 spiro atoms. The molecule has 1 atom stereocenters. The lowest BCUT2D eigenvalue weighted by molar-refractivity contribution is -0.142. The van der Waals surface area contributed by atoms with Crippen molar-refractivity contribution >= 4 is 17.5 Å². The lowest BCUT2D eigenvalue weighted by Gasteiger charge is -2.47. The average molecular weight is 354 g/mol. The van der Waals surface area contributed by atoms with Crippen LogP contribution in [0, 0.1) is 11.3 Å². The summed E-state index contributed by atoms with van der Waals surface area (Å²) in [4.78, 5) is 30.2. The van der Waals surface area contributed by atoms with Gasteiger partial charge in [0.25, 0.3) is 0 Å². The zero-order chi connectivity index (χ0) is 18.0. The summed E-state index contributed by atoms with van der Waals surface area (Å²) in [6.45, 7) is 2.24. The Morgan fingerprint density at radius 1 is 1.00 bits per heavy atom. The van der Waals surface area contributed by atoms with E-state index in [4.69, 9.17) is 0 Å². The van der Waals surface area contributed by atoms with Gasteiger partial charge in [0, 0.05) is 31.7 Å². The number of nitrogens with zero attached hydrogens (tertiary/aromatic N) is 2. The van der Waals surface area contributed by atoms with Crippen molar-refractivity contribution in [2.45, 2.75) is 57.8 Å². The molecule has 1 aliphatic carbocycles. The molecule has 4 rings (SSSR count). The van der Waals surface area contributed by atoms with Gasteiger partial charge in [-0.1, -0.05) is 31.0 Å². The predicted octanol–water partition coefficient (Wildman–Crippen LogP) is 4.00. The third-order valence-corrected chi connectivity index (χ3v) is 6.67. The first-order valence-corrected chi connectivity index (χ1v) is 10.3. The summed E-state index contributed by atoms with van der Waals surface area (Å²) >= 11 is 0. The Balaban J connectivity index is 1.48. The summed E-state index contributed by atoms with van der Waals surface area (Å²) in [5, 5.41) is 0. The van der Waals surface area contributed by atoms with Crippen molar-refractivity contribution in [3.05, 3.63) is 30.3 Å². The first-order chi connectivity index (χ1) is 12.7. The highest BCUT2D eigenvalue weighted by Gasteiger charge is 2.47. The quantitative estimate of drug-likeness (QED) is 0.823. The number of rotatable bonds is 3. The van der Waals surface area contributed by atoms with E-state index in [1.165, 1.54) is 25.7 Å². The van der Waals surface area contributed by atoms with Gasteiger partial charge in [-0.3, -0.25) is 9.59 Å². The van der Waals surface area contributed by atoms with Crippen LogP contribution in [-0.4, -0.2) is 36.3 Å². The maximum atomic E-state index is 13.4. The first-order valence-electron chi connectivity index (χ1n) is 10.3. The Labute approximate surface area is 156 Å². The van der Waals surface area contributed by atoms with Crippen molar-refractivity contribution in [2.75, 3.05) is 24.5 Å². The van der Waals surface area contributed by atoms with E-state index in [2.05, 4.69) is 0 Å². The molecule has 26 heavy (non-hydrogen) atoms. The molecule has 0 aromatic heterocycles. The van der Waals surface area contributed by atoms with E-state index in [0.717, 1.165) is 44.5 Å². The predicted molar refractivity (Wildman–Crippen MR) is 103 cm³/mol. The van der Waals surface area contributed by atoms with Gasteiger partial charge >= 0.3 is 0 Å². The fourth-order valence-corrected chi connectivity index (χ4v) is 5.24. The Kier molecular flexibility index (Phi) is 5.01. The van der Waals surface area contributed by atoms with Gasteiger partial charge in [0.1, 0.15) is 0 Å². The highest BCUT2D eigenvalue weighted by molar-refractivity contribution is 5.99. The number of hydrogen-bond donors (Lipinski definition) is 0. The van der Waals surface area contributed by atoms with Crippen molar-refractivity contribution in [1.82, 2.24) is 4.90 Å². The van der Waals surface area contributed by atoms with Gasteiger partial charge in [-0.2, -0.15) is 0 Å². The maximum absolute atomic E-state index is 13.4. The zero-order valence-electron chi connectivity index (χ0n) is 15.7. The summed E-state index contributed by atoms with van der Waals surface area (Å²) in [5.74, 6) is 1.08. The van der Waals surface area contributed by atoms with E-state index in [-0.39, 0.29) is 17.2 Å². The summed E-state index contributed by atoms with van der Waals surface area (Å²) in [7, 11) is 0. The zero-order valence-corrected chi connectivity index (χ0v) is 15.7. The van der Waals surface area contributed by atoms with Crippen LogP contribution in [-0.2, 0) is 9.59 Å². The second-order valence-corrected chi connectivity index (χ2v) is 8.45. The molecule has 0 bridgehead atoms. The molecule has 140 valence electrons. The Morgan fingerprint density at radius 2 is 1.69 bits per heavy atom. The fourth-order valence-electron chi connectivity index (χ4n) is 5.24. The van der Waals surface area contributed by atoms with Crippen LogP contribution in [0.2, 0.25) is 0 Å². The van der Waals surface area contributed by atoms with E-state index < -0.39 is 0 Å². The van der Waals surface area contributed by atoms with Gasteiger partial charge in [-0.05, 0) is 56.6 Å². The molecule has 1 aromatic carbocycles. The normalized spacial score (nSPS) is 27.3. The van der Waals surface area contributed by atoms with E-state index in [1.54, 1.807) is 0 Å². The lowest BCUT2D eigenvalue weighted by atomic mass is 9.72. The Hall–Kier alpha value is -1.84. The molecule has 4 nitrogen and oxygen atoms in total. The van der Waals surface area contributed by atoms with Gasteiger partial charge in [-0.25, -0.2) is 0 Å². The largest absolute Gasteiger partial charge is 0.342 e. The molecule has 1 unspecified atom stereocenters. The average Bonchev–Trinajstić information content (AvgIpc) is 3.18. The van der Waals surface area contributed by atoms with Crippen LogP contribution in [0.5, 0.6) is 0 Å². The topological polar surface area (TPSA) is 40.6 Å². The minimum atomic E-state index is -0.363. The summed E-state index contributed by atoms with van der Waals surface area (Å²) in [5.41, 5.74) is 0.628. The molecular weight excluding hydrogens is 324 g/mol. The molecule has 2 heterocycles. The minimum absolute atomic E-state index is 0.230. The molecule has 1 aromatic rings. The molecular formula is C22H30N2O2. The van der Waals surface area contributed by atoms with Crippen LogP contribution >= 0.6 is 0 Å². The molecule has 1 saturated carbocycles. The molecule has 2 aliphatic heterocycles. The van der Waals surface area contributed by atoms with Crippen LogP contribution in [0.4, 0.5) is 5.69 Å². The monoisotopic (exact) mass is 354 g/mol. The summed E-state index contributed by atoms with van der Waals surface area (Å²) < 4.78 is 0. The number of para-hydroxylation sites is 1. The van der Waals surface area contributed by atoms with Crippen molar-refractivity contribution < 1.29 is 9.59 Å². The number of anilines is 1. The maximum Gasteiger partial charge on any atom is 0.234 e. The first kappa shape index (κ1) is 17.6. The third kappa shape index (κ3) is 3.38. The number of carbonyl (C=O) groups excluding carboxylic acids is 2. The van der Waals surface area contributed by atoms with E-state index >= 15 is 0 Å². The number of carbonyl (C=O) groups is 2. The van der Waals surface area contributed by atoms with Crippen molar-refractivity contribution in [3.63, 3.8) is 0 Å². The molecule has 4 heteroatoms. The molecule has 2 saturated heterocycles. The van der Waals surface area contributed by atoms with Crippen LogP contribution in [0.1, 0.15) is 57.8 Å². The van der Waals surface area contributed by atoms with Crippen LogP contribution in [0.25, 0.3) is 0 Å². The minimum Gasteiger partial charge on any atom is -0.342 e. The van der Waals surface area contributed by atoms with Gasteiger partial charge in [-0.15, -0.1) is 0 Å². The van der Waals surface area contributed by atoms with Gasteiger partial charge in [0.2, 0.25) is 11.8 Å². The number of benzene rings is 1. The van der Waals surface area contributed by atoms with Crippen molar-refractivity contribution in [1.29, 1.82) is 0 Å². The van der Waals surface area contributed by atoms with Crippen LogP contribution < -0.4 is 4.90 Å². The van der Waals surface area contributed by atoms with Gasteiger partial charge < -0.3 is 9.80 Å². The number of amides is 2.